The smallest absolute Gasteiger partial charge is 0.338 e. The predicted molar refractivity (Wildman–Crippen MR) is 126 cm³/mol. The molecule has 1 amide bonds. The lowest BCUT2D eigenvalue weighted by Gasteiger charge is -2.16. The van der Waals surface area contributed by atoms with Crippen LogP contribution in [-0.2, 0) is 9.53 Å². The highest BCUT2D eigenvalue weighted by molar-refractivity contribution is 6.36. The number of ether oxygens (including phenoxy) is 1. The summed E-state index contributed by atoms with van der Waals surface area (Å²) >= 11 is 12.0. The van der Waals surface area contributed by atoms with Gasteiger partial charge in [0.25, 0.3) is 5.91 Å². The normalized spacial score (nSPS) is 11.8. The van der Waals surface area contributed by atoms with Crippen LogP contribution in [0.15, 0.2) is 66.7 Å². The van der Waals surface area contributed by atoms with Gasteiger partial charge in [-0.25, -0.2) is 9.78 Å². The number of anilines is 1. The average molecular weight is 468 g/mol. The standard InChI is InChI=1S/C24H19Cl2N3O3/c1-2-21(23(30)29-18-11-9-16(25)13-17(18)26)32-24(31)15-8-10-19-20(12-15)28-22(27-19)14-6-4-3-5-7-14/h3-13,21H,2H2,1H3,(H,27,28)(H,29,30). The highest BCUT2D eigenvalue weighted by Crippen LogP contribution is 2.26. The van der Waals surface area contributed by atoms with Crippen molar-refractivity contribution >= 4 is 51.8 Å². The van der Waals surface area contributed by atoms with Crippen molar-refractivity contribution in [2.24, 2.45) is 0 Å². The summed E-state index contributed by atoms with van der Waals surface area (Å²) in [5.41, 5.74) is 3.07. The number of halogens is 2. The molecule has 0 bridgehead atoms. The molecule has 0 aliphatic carbocycles. The highest BCUT2D eigenvalue weighted by Gasteiger charge is 2.23. The lowest BCUT2D eigenvalue weighted by Crippen LogP contribution is -2.32. The van der Waals surface area contributed by atoms with Crippen LogP contribution in [0.4, 0.5) is 5.69 Å². The van der Waals surface area contributed by atoms with E-state index in [4.69, 9.17) is 27.9 Å². The first-order valence-electron chi connectivity index (χ1n) is 9.96. The van der Waals surface area contributed by atoms with Gasteiger partial charge in [0, 0.05) is 10.6 Å². The first-order valence-corrected chi connectivity index (χ1v) is 10.7. The van der Waals surface area contributed by atoms with Gasteiger partial charge in [0.05, 0.1) is 27.3 Å². The minimum absolute atomic E-state index is 0.297. The van der Waals surface area contributed by atoms with Gasteiger partial charge in [-0.05, 0) is 42.8 Å². The summed E-state index contributed by atoms with van der Waals surface area (Å²) in [6, 6.07) is 19.4. The van der Waals surface area contributed by atoms with E-state index in [2.05, 4.69) is 15.3 Å². The quantitative estimate of drug-likeness (QED) is 0.335. The summed E-state index contributed by atoms with van der Waals surface area (Å²) in [5.74, 6) is -0.372. The molecule has 4 aromatic rings. The molecule has 8 heteroatoms. The first-order chi connectivity index (χ1) is 15.4. The SMILES string of the molecule is CCC(OC(=O)c1ccc2nc(-c3ccccc3)[nH]c2c1)C(=O)Nc1ccc(Cl)cc1Cl. The molecule has 0 aliphatic rings. The first kappa shape index (κ1) is 21.9. The van der Waals surface area contributed by atoms with Gasteiger partial charge in [-0.1, -0.05) is 60.5 Å². The number of rotatable bonds is 6. The van der Waals surface area contributed by atoms with E-state index in [1.54, 1.807) is 37.3 Å². The molecule has 6 nitrogen and oxygen atoms in total. The van der Waals surface area contributed by atoms with E-state index in [1.165, 1.54) is 6.07 Å². The molecule has 1 aromatic heterocycles. The van der Waals surface area contributed by atoms with Crippen LogP contribution in [0.3, 0.4) is 0 Å². The molecule has 3 aromatic carbocycles. The van der Waals surface area contributed by atoms with Gasteiger partial charge in [-0.15, -0.1) is 0 Å². The number of benzene rings is 3. The fourth-order valence-corrected chi connectivity index (χ4v) is 3.65. The molecule has 0 spiro atoms. The monoisotopic (exact) mass is 467 g/mol. The predicted octanol–water partition coefficient (Wildman–Crippen LogP) is 6.11. The van der Waals surface area contributed by atoms with Gasteiger partial charge in [0.15, 0.2) is 6.10 Å². The summed E-state index contributed by atoms with van der Waals surface area (Å²) in [5, 5.41) is 3.43. The summed E-state index contributed by atoms with van der Waals surface area (Å²) in [6.07, 6.45) is -0.681. The second kappa shape index (κ2) is 9.42. The summed E-state index contributed by atoms with van der Waals surface area (Å²) in [4.78, 5) is 33.1. The van der Waals surface area contributed by atoms with Crippen molar-refractivity contribution in [3.05, 3.63) is 82.3 Å². The maximum atomic E-state index is 12.7. The second-order valence-corrected chi connectivity index (χ2v) is 7.94. The third-order valence-corrected chi connectivity index (χ3v) is 5.41. The number of amides is 1. The van der Waals surface area contributed by atoms with Crippen LogP contribution in [0.2, 0.25) is 10.0 Å². The Morgan fingerprint density at radius 2 is 1.84 bits per heavy atom. The average Bonchev–Trinajstić information content (AvgIpc) is 3.23. The third-order valence-electron chi connectivity index (χ3n) is 4.87. The molecule has 1 heterocycles. The minimum Gasteiger partial charge on any atom is -0.449 e. The Labute approximate surface area is 194 Å². The number of hydrogen-bond acceptors (Lipinski definition) is 4. The number of nitrogens with one attached hydrogen (secondary N) is 2. The Kier molecular flexibility index (Phi) is 6.44. The third kappa shape index (κ3) is 4.77. The number of hydrogen-bond donors (Lipinski definition) is 2. The fraction of sp³-hybridized carbons (Fsp3) is 0.125. The number of fused-ring (bicyclic) bond motifs is 1. The van der Waals surface area contributed by atoms with Gasteiger partial charge in [0.2, 0.25) is 0 Å². The molecule has 0 aliphatic heterocycles. The molecule has 32 heavy (non-hydrogen) atoms. The van der Waals surface area contributed by atoms with Crippen LogP contribution in [0.5, 0.6) is 0 Å². The molecule has 1 unspecified atom stereocenters. The van der Waals surface area contributed by atoms with Crippen molar-refractivity contribution < 1.29 is 14.3 Å². The number of carbonyl (C=O) groups excluding carboxylic acids is 2. The van der Waals surface area contributed by atoms with Gasteiger partial charge in [-0.2, -0.15) is 0 Å². The van der Waals surface area contributed by atoms with Crippen molar-refractivity contribution in [1.82, 2.24) is 9.97 Å². The number of carbonyl (C=O) groups is 2. The molecular formula is C24H19Cl2N3O3. The van der Waals surface area contributed by atoms with Crippen LogP contribution in [0.1, 0.15) is 23.7 Å². The Morgan fingerprint density at radius 3 is 2.56 bits per heavy atom. The van der Waals surface area contributed by atoms with E-state index in [9.17, 15) is 9.59 Å². The molecule has 0 radical (unpaired) electrons. The Balaban J connectivity index is 1.49. The Bertz CT molecular complexity index is 1290. The fourth-order valence-electron chi connectivity index (χ4n) is 3.19. The van der Waals surface area contributed by atoms with E-state index in [1.807, 2.05) is 30.3 Å². The van der Waals surface area contributed by atoms with Crippen molar-refractivity contribution in [1.29, 1.82) is 0 Å². The number of aromatic nitrogens is 2. The molecule has 0 fully saturated rings. The van der Waals surface area contributed by atoms with Gasteiger partial charge >= 0.3 is 5.97 Å². The zero-order valence-corrected chi connectivity index (χ0v) is 18.6. The molecule has 4 rings (SSSR count). The van der Waals surface area contributed by atoms with Crippen molar-refractivity contribution in [2.75, 3.05) is 5.32 Å². The molecule has 0 saturated heterocycles. The van der Waals surface area contributed by atoms with Gasteiger partial charge < -0.3 is 15.0 Å². The molecular weight excluding hydrogens is 449 g/mol. The number of esters is 1. The number of imidazole rings is 1. The molecule has 0 saturated carbocycles. The maximum Gasteiger partial charge on any atom is 0.338 e. The van der Waals surface area contributed by atoms with E-state index < -0.39 is 18.0 Å². The van der Waals surface area contributed by atoms with Crippen LogP contribution in [-0.4, -0.2) is 27.9 Å². The summed E-state index contributed by atoms with van der Waals surface area (Å²) in [6.45, 7) is 1.76. The van der Waals surface area contributed by atoms with Crippen LogP contribution < -0.4 is 5.32 Å². The topological polar surface area (TPSA) is 84.1 Å². The largest absolute Gasteiger partial charge is 0.449 e. The van der Waals surface area contributed by atoms with Crippen LogP contribution in [0, 0.1) is 0 Å². The Hall–Kier alpha value is -3.35. The van der Waals surface area contributed by atoms with Crippen molar-refractivity contribution in [3.63, 3.8) is 0 Å². The van der Waals surface area contributed by atoms with Crippen molar-refractivity contribution in [3.8, 4) is 11.4 Å². The van der Waals surface area contributed by atoms with Gasteiger partial charge in [0.1, 0.15) is 5.82 Å². The van der Waals surface area contributed by atoms with E-state index in [-0.39, 0.29) is 0 Å². The minimum atomic E-state index is -0.980. The van der Waals surface area contributed by atoms with Crippen LogP contribution in [0.25, 0.3) is 22.4 Å². The number of nitrogens with zero attached hydrogens (tertiary/aromatic N) is 1. The highest BCUT2D eigenvalue weighted by atomic mass is 35.5. The number of H-pyrrole nitrogens is 1. The van der Waals surface area contributed by atoms with Crippen LogP contribution >= 0.6 is 23.2 Å². The lowest BCUT2D eigenvalue weighted by atomic mass is 10.2. The van der Waals surface area contributed by atoms with E-state index in [0.717, 1.165) is 11.1 Å². The zero-order valence-electron chi connectivity index (χ0n) is 17.1. The Morgan fingerprint density at radius 1 is 1.06 bits per heavy atom. The molecule has 1 atom stereocenters. The number of aromatic amines is 1. The summed E-state index contributed by atoms with van der Waals surface area (Å²) < 4.78 is 5.47. The zero-order chi connectivity index (χ0) is 22.7. The van der Waals surface area contributed by atoms with Gasteiger partial charge in [-0.3, -0.25) is 4.79 Å². The van der Waals surface area contributed by atoms with E-state index >= 15 is 0 Å². The van der Waals surface area contributed by atoms with E-state index in [0.29, 0.717) is 39.1 Å². The summed E-state index contributed by atoms with van der Waals surface area (Å²) in [7, 11) is 0. The lowest BCUT2D eigenvalue weighted by molar-refractivity contribution is -0.124. The maximum absolute atomic E-state index is 12.7. The van der Waals surface area contributed by atoms with Crippen molar-refractivity contribution in [2.45, 2.75) is 19.4 Å². The second-order valence-electron chi connectivity index (χ2n) is 7.10. The molecule has 2 N–H and O–H groups in total. The molecule has 162 valence electrons.